The van der Waals surface area contributed by atoms with Gasteiger partial charge in [0.25, 0.3) is 0 Å². The van der Waals surface area contributed by atoms with Gasteiger partial charge in [0, 0.05) is 44.1 Å². The molecule has 1 saturated heterocycles. The number of hydrogen-bond acceptors (Lipinski definition) is 3. The lowest BCUT2D eigenvalue weighted by Crippen LogP contribution is -2.35. The zero-order chi connectivity index (χ0) is 13.3. The van der Waals surface area contributed by atoms with Gasteiger partial charge in [0.2, 0.25) is 0 Å². The Kier molecular flexibility index (Phi) is 3.29. The Morgan fingerprint density at radius 3 is 2.79 bits per heavy atom. The molecule has 4 heteroatoms. The van der Waals surface area contributed by atoms with Gasteiger partial charge in [0.15, 0.2) is 0 Å². The molecule has 1 aliphatic rings. The fraction of sp³-hybridized carbons (Fsp3) is 0.533. The molecular weight excluding hydrogens is 240 g/mol. The SMILES string of the molecule is Cn1nc(CC2(CO)CCOCC2)c2ccccc21. The summed E-state index contributed by atoms with van der Waals surface area (Å²) in [6.07, 6.45) is 2.65. The third kappa shape index (κ3) is 2.26. The minimum Gasteiger partial charge on any atom is -0.396 e. The van der Waals surface area contributed by atoms with Crippen LogP contribution in [0.3, 0.4) is 0 Å². The summed E-state index contributed by atoms with van der Waals surface area (Å²) in [7, 11) is 1.97. The zero-order valence-electron chi connectivity index (χ0n) is 11.3. The van der Waals surface area contributed by atoms with Crippen molar-refractivity contribution in [2.45, 2.75) is 19.3 Å². The highest BCUT2D eigenvalue weighted by Crippen LogP contribution is 2.35. The highest BCUT2D eigenvalue weighted by atomic mass is 16.5. The monoisotopic (exact) mass is 260 g/mol. The molecule has 1 aromatic heterocycles. The molecule has 102 valence electrons. The number of rotatable bonds is 3. The van der Waals surface area contributed by atoms with E-state index < -0.39 is 0 Å². The van der Waals surface area contributed by atoms with Crippen molar-refractivity contribution in [3.8, 4) is 0 Å². The average Bonchev–Trinajstić information content (AvgIpc) is 2.77. The Hall–Kier alpha value is -1.39. The van der Waals surface area contributed by atoms with Crippen molar-refractivity contribution < 1.29 is 9.84 Å². The van der Waals surface area contributed by atoms with E-state index in [0.717, 1.165) is 43.7 Å². The molecule has 1 aromatic carbocycles. The molecule has 0 saturated carbocycles. The molecule has 1 N–H and O–H groups in total. The Morgan fingerprint density at radius 1 is 1.32 bits per heavy atom. The first-order valence-electron chi connectivity index (χ1n) is 6.83. The molecule has 1 aliphatic heterocycles. The van der Waals surface area contributed by atoms with E-state index >= 15 is 0 Å². The number of nitrogens with zero attached hydrogens (tertiary/aromatic N) is 2. The fourth-order valence-electron chi connectivity index (χ4n) is 2.97. The van der Waals surface area contributed by atoms with Gasteiger partial charge in [0.05, 0.1) is 11.2 Å². The lowest BCUT2D eigenvalue weighted by atomic mass is 9.77. The largest absolute Gasteiger partial charge is 0.396 e. The van der Waals surface area contributed by atoms with E-state index in [-0.39, 0.29) is 12.0 Å². The lowest BCUT2D eigenvalue weighted by molar-refractivity contribution is -0.0161. The topological polar surface area (TPSA) is 47.3 Å². The van der Waals surface area contributed by atoms with Crippen LogP contribution in [0.5, 0.6) is 0 Å². The van der Waals surface area contributed by atoms with Crippen LogP contribution < -0.4 is 0 Å². The van der Waals surface area contributed by atoms with Crippen LogP contribution in [-0.2, 0) is 18.2 Å². The molecule has 0 spiro atoms. The van der Waals surface area contributed by atoms with Crippen LogP contribution in [0.25, 0.3) is 10.9 Å². The third-order valence-corrected chi connectivity index (χ3v) is 4.27. The minimum absolute atomic E-state index is 0.0601. The number of hydrogen-bond donors (Lipinski definition) is 1. The molecule has 2 heterocycles. The molecule has 0 aliphatic carbocycles. The van der Waals surface area contributed by atoms with Crippen LogP contribution in [-0.4, -0.2) is 34.7 Å². The van der Waals surface area contributed by atoms with Crippen molar-refractivity contribution in [2.75, 3.05) is 19.8 Å². The number of ether oxygens (including phenoxy) is 1. The number of para-hydroxylation sites is 1. The van der Waals surface area contributed by atoms with Gasteiger partial charge in [0.1, 0.15) is 0 Å². The Morgan fingerprint density at radius 2 is 2.05 bits per heavy atom. The molecule has 3 rings (SSSR count). The first-order chi connectivity index (χ1) is 9.24. The molecule has 0 radical (unpaired) electrons. The summed E-state index contributed by atoms with van der Waals surface area (Å²) < 4.78 is 7.35. The highest BCUT2D eigenvalue weighted by molar-refractivity contribution is 5.81. The van der Waals surface area contributed by atoms with Crippen LogP contribution in [0.15, 0.2) is 24.3 Å². The molecule has 0 atom stereocenters. The number of aliphatic hydroxyl groups excluding tert-OH is 1. The molecule has 4 nitrogen and oxygen atoms in total. The van der Waals surface area contributed by atoms with Gasteiger partial charge in [-0.2, -0.15) is 5.10 Å². The van der Waals surface area contributed by atoms with Crippen molar-refractivity contribution in [1.82, 2.24) is 9.78 Å². The van der Waals surface area contributed by atoms with Crippen LogP contribution in [0.2, 0.25) is 0 Å². The number of fused-ring (bicyclic) bond motifs is 1. The summed E-state index contributed by atoms with van der Waals surface area (Å²) in [6, 6.07) is 8.27. The first kappa shape index (κ1) is 12.6. The van der Waals surface area contributed by atoms with Crippen molar-refractivity contribution in [1.29, 1.82) is 0 Å². The molecule has 1 fully saturated rings. The molecule has 0 bridgehead atoms. The predicted octanol–water partition coefficient (Wildman–Crippen LogP) is 1.90. The van der Waals surface area contributed by atoms with Crippen molar-refractivity contribution >= 4 is 10.9 Å². The van der Waals surface area contributed by atoms with Gasteiger partial charge in [-0.25, -0.2) is 0 Å². The van der Waals surface area contributed by atoms with E-state index in [2.05, 4.69) is 17.2 Å². The number of benzene rings is 1. The number of aromatic nitrogens is 2. The minimum atomic E-state index is -0.0601. The standard InChI is InChI=1S/C15H20N2O2/c1-17-14-5-3-2-4-12(14)13(16-17)10-15(11-18)6-8-19-9-7-15/h2-5,18H,6-11H2,1H3. The molecule has 2 aromatic rings. The van der Waals surface area contributed by atoms with Gasteiger partial charge >= 0.3 is 0 Å². The first-order valence-corrected chi connectivity index (χ1v) is 6.83. The fourth-order valence-corrected chi connectivity index (χ4v) is 2.97. The average molecular weight is 260 g/mol. The molecular formula is C15H20N2O2. The van der Waals surface area contributed by atoms with Crippen LogP contribution in [0.1, 0.15) is 18.5 Å². The molecule has 0 amide bonds. The highest BCUT2D eigenvalue weighted by Gasteiger charge is 2.33. The predicted molar refractivity (Wildman–Crippen MR) is 74.0 cm³/mol. The van der Waals surface area contributed by atoms with E-state index in [9.17, 15) is 5.11 Å². The zero-order valence-corrected chi connectivity index (χ0v) is 11.3. The molecule has 19 heavy (non-hydrogen) atoms. The van der Waals surface area contributed by atoms with Crippen molar-refractivity contribution in [3.05, 3.63) is 30.0 Å². The van der Waals surface area contributed by atoms with E-state index in [1.165, 1.54) is 5.39 Å². The maximum atomic E-state index is 9.79. The normalized spacial score (nSPS) is 18.8. The van der Waals surface area contributed by atoms with Gasteiger partial charge in [-0.05, 0) is 18.9 Å². The van der Waals surface area contributed by atoms with Crippen molar-refractivity contribution in [2.24, 2.45) is 12.5 Å². The maximum absolute atomic E-state index is 9.79. The van der Waals surface area contributed by atoms with Crippen molar-refractivity contribution in [3.63, 3.8) is 0 Å². The number of aryl methyl sites for hydroxylation is 1. The summed E-state index contributed by atoms with van der Waals surface area (Å²) in [5.41, 5.74) is 2.18. The van der Waals surface area contributed by atoms with Gasteiger partial charge in [-0.15, -0.1) is 0 Å². The summed E-state index contributed by atoms with van der Waals surface area (Å²) in [5.74, 6) is 0. The van der Waals surface area contributed by atoms with Crippen LogP contribution in [0, 0.1) is 5.41 Å². The van der Waals surface area contributed by atoms with Gasteiger partial charge in [-0.1, -0.05) is 18.2 Å². The summed E-state index contributed by atoms with van der Waals surface area (Å²) >= 11 is 0. The second-order valence-corrected chi connectivity index (χ2v) is 5.53. The third-order valence-electron chi connectivity index (χ3n) is 4.27. The Bertz CT molecular complexity index is 571. The lowest BCUT2D eigenvalue weighted by Gasteiger charge is -2.35. The van der Waals surface area contributed by atoms with E-state index in [4.69, 9.17) is 4.74 Å². The van der Waals surface area contributed by atoms with E-state index in [1.54, 1.807) is 0 Å². The van der Waals surface area contributed by atoms with Crippen LogP contribution >= 0.6 is 0 Å². The Labute approximate surface area is 113 Å². The van der Waals surface area contributed by atoms with Gasteiger partial charge < -0.3 is 9.84 Å². The maximum Gasteiger partial charge on any atom is 0.0709 e. The summed E-state index contributed by atoms with van der Waals surface area (Å²) in [6.45, 7) is 1.69. The van der Waals surface area contributed by atoms with Gasteiger partial charge in [-0.3, -0.25) is 4.68 Å². The summed E-state index contributed by atoms with van der Waals surface area (Å²) in [5, 5.41) is 15.6. The second kappa shape index (κ2) is 4.94. The van der Waals surface area contributed by atoms with Crippen LogP contribution in [0.4, 0.5) is 0 Å². The smallest absolute Gasteiger partial charge is 0.0709 e. The van der Waals surface area contributed by atoms with E-state index in [1.807, 2.05) is 23.9 Å². The van der Waals surface area contributed by atoms with E-state index in [0.29, 0.717) is 0 Å². The second-order valence-electron chi connectivity index (χ2n) is 5.53. The quantitative estimate of drug-likeness (QED) is 0.917. The summed E-state index contributed by atoms with van der Waals surface area (Å²) in [4.78, 5) is 0. The molecule has 0 unspecified atom stereocenters. The number of aliphatic hydroxyl groups is 1. The Balaban J connectivity index is 1.96.